The lowest BCUT2D eigenvalue weighted by Gasteiger charge is -2.10. The molecule has 0 amide bonds. The Morgan fingerprint density at radius 2 is 1.82 bits per heavy atom. The predicted octanol–water partition coefficient (Wildman–Crippen LogP) is 4.62. The number of non-ortho nitro benzene ring substituents is 1. The van der Waals surface area contributed by atoms with Crippen LogP contribution in [0.5, 0.6) is 0 Å². The van der Waals surface area contributed by atoms with Gasteiger partial charge >= 0.3 is 11.7 Å². The summed E-state index contributed by atoms with van der Waals surface area (Å²) in [6.07, 6.45) is 1.26. The molecule has 5 rings (SSSR count). The Bertz CT molecular complexity index is 1610. The average molecular weight is 532 g/mol. The number of allylic oxidation sites excluding steroid dienone is 2. The Morgan fingerprint density at radius 3 is 2.62 bits per heavy atom. The van der Waals surface area contributed by atoms with Crippen LogP contribution in [0.1, 0.15) is 30.1 Å². The second kappa shape index (κ2) is 11.3. The number of fused-ring (bicyclic) bond motifs is 2. The largest absolute Gasteiger partial charge is 0.460 e. The third-order valence-corrected chi connectivity index (χ3v) is 6.46. The normalized spacial score (nSPS) is 13.3. The number of Topliss-reactive ketones (excluding diaryl/α,β-unsaturated/α-hetero) is 1. The number of ether oxygens (including phenoxy) is 2. The number of aromatic nitrogens is 2. The van der Waals surface area contributed by atoms with E-state index < -0.39 is 10.9 Å². The molecule has 12 nitrogen and oxygen atoms in total. The highest BCUT2D eigenvalue weighted by molar-refractivity contribution is 5.99. The molecule has 0 unspecified atom stereocenters. The molecule has 0 saturated carbocycles. The number of nitrogens with zero attached hydrogens (tertiary/aromatic N) is 3. The minimum absolute atomic E-state index is 0.0677. The van der Waals surface area contributed by atoms with Crippen molar-refractivity contribution in [3.05, 3.63) is 75.5 Å². The van der Waals surface area contributed by atoms with Gasteiger partial charge in [-0.05, 0) is 64.8 Å². The van der Waals surface area contributed by atoms with Gasteiger partial charge in [0.2, 0.25) is 5.52 Å². The maximum absolute atomic E-state index is 12.5. The van der Waals surface area contributed by atoms with Gasteiger partial charge in [-0.2, -0.15) is 0 Å². The van der Waals surface area contributed by atoms with Gasteiger partial charge in [0.15, 0.2) is 11.3 Å². The van der Waals surface area contributed by atoms with Crippen LogP contribution in [-0.2, 0) is 14.3 Å². The number of hydrogen-bond acceptors (Lipinski definition) is 11. The van der Waals surface area contributed by atoms with Crippen molar-refractivity contribution in [2.24, 2.45) is 0 Å². The number of anilines is 2. The number of nitro benzene ring substituents is 1. The van der Waals surface area contributed by atoms with Crippen molar-refractivity contribution in [3.8, 4) is 0 Å². The number of carbonyl (C=O) groups excluding carboxylic acids is 2. The zero-order chi connectivity index (χ0) is 27.4. The van der Waals surface area contributed by atoms with Crippen LogP contribution >= 0.6 is 0 Å². The number of hydrogen-bond donors (Lipinski definition) is 2. The van der Waals surface area contributed by atoms with Gasteiger partial charge in [0, 0.05) is 36.0 Å². The SMILES string of the molecule is CC1=C(Nc2ccc3cc(C(=O)OCCOCCNc4ccc([N+](=O)[O-])c5nonc45)ccc3c2)CCC1=O. The van der Waals surface area contributed by atoms with Crippen LogP contribution in [0.25, 0.3) is 21.8 Å². The molecule has 1 heterocycles. The molecule has 3 aromatic carbocycles. The molecular weight excluding hydrogens is 506 g/mol. The average Bonchev–Trinajstić information content (AvgIpc) is 3.55. The number of carbonyl (C=O) groups is 2. The zero-order valence-corrected chi connectivity index (χ0v) is 21.1. The highest BCUT2D eigenvalue weighted by Crippen LogP contribution is 2.29. The van der Waals surface area contributed by atoms with Gasteiger partial charge in [-0.25, -0.2) is 9.42 Å². The molecule has 2 N–H and O–H groups in total. The fourth-order valence-electron chi connectivity index (χ4n) is 4.34. The second-order valence-electron chi connectivity index (χ2n) is 8.95. The van der Waals surface area contributed by atoms with E-state index in [0.29, 0.717) is 30.8 Å². The van der Waals surface area contributed by atoms with Crippen LogP contribution in [-0.4, -0.2) is 53.4 Å². The zero-order valence-electron chi connectivity index (χ0n) is 21.1. The summed E-state index contributed by atoms with van der Waals surface area (Å²) in [7, 11) is 0. The number of nitrogens with one attached hydrogen (secondary N) is 2. The van der Waals surface area contributed by atoms with Crippen molar-refractivity contribution >= 4 is 50.6 Å². The van der Waals surface area contributed by atoms with Gasteiger partial charge in [-0.1, -0.05) is 12.1 Å². The first kappa shape index (κ1) is 25.8. The first-order valence-electron chi connectivity index (χ1n) is 12.3. The molecule has 1 aliphatic rings. The van der Waals surface area contributed by atoms with Crippen molar-refractivity contribution in [1.29, 1.82) is 0 Å². The fraction of sp³-hybridized carbons (Fsp3) is 0.259. The molecule has 0 aliphatic heterocycles. The van der Waals surface area contributed by atoms with Gasteiger partial charge in [0.05, 0.1) is 29.4 Å². The molecule has 4 aromatic rings. The first-order valence-corrected chi connectivity index (χ1v) is 12.3. The molecule has 0 saturated heterocycles. The summed E-state index contributed by atoms with van der Waals surface area (Å²) in [5.74, 6) is -0.268. The lowest BCUT2D eigenvalue weighted by atomic mass is 10.1. The monoisotopic (exact) mass is 531 g/mol. The van der Waals surface area contributed by atoms with Gasteiger partial charge in [0.1, 0.15) is 6.61 Å². The van der Waals surface area contributed by atoms with E-state index in [2.05, 4.69) is 25.6 Å². The molecule has 0 spiro atoms. The third kappa shape index (κ3) is 5.70. The molecule has 0 atom stereocenters. The number of ketones is 1. The van der Waals surface area contributed by atoms with Crippen LogP contribution < -0.4 is 10.6 Å². The number of benzene rings is 3. The highest BCUT2D eigenvalue weighted by Gasteiger charge is 2.20. The minimum Gasteiger partial charge on any atom is -0.460 e. The van der Waals surface area contributed by atoms with E-state index in [1.165, 1.54) is 12.1 Å². The second-order valence-corrected chi connectivity index (χ2v) is 8.95. The predicted molar refractivity (Wildman–Crippen MR) is 143 cm³/mol. The summed E-state index contributed by atoms with van der Waals surface area (Å²) in [5.41, 5.74) is 3.74. The highest BCUT2D eigenvalue weighted by atomic mass is 16.6. The van der Waals surface area contributed by atoms with E-state index in [4.69, 9.17) is 9.47 Å². The summed E-state index contributed by atoms with van der Waals surface area (Å²) in [4.78, 5) is 34.8. The summed E-state index contributed by atoms with van der Waals surface area (Å²) >= 11 is 0. The molecule has 200 valence electrons. The van der Waals surface area contributed by atoms with Crippen molar-refractivity contribution in [2.45, 2.75) is 19.8 Å². The number of rotatable bonds is 11. The molecule has 39 heavy (non-hydrogen) atoms. The quantitative estimate of drug-likeness (QED) is 0.120. The van der Waals surface area contributed by atoms with Gasteiger partial charge in [0.25, 0.3) is 0 Å². The Kier molecular flexibility index (Phi) is 7.46. The van der Waals surface area contributed by atoms with E-state index >= 15 is 0 Å². The Morgan fingerprint density at radius 1 is 1.03 bits per heavy atom. The Hall–Kier alpha value is -4.84. The summed E-state index contributed by atoms with van der Waals surface area (Å²) in [6, 6.07) is 14.0. The van der Waals surface area contributed by atoms with E-state index in [1.54, 1.807) is 12.1 Å². The van der Waals surface area contributed by atoms with Crippen LogP contribution in [0.15, 0.2) is 64.4 Å². The molecule has 1 aliphatic carbocycles. The first-order chi connectivity index (χ1) is 18.9. The summed E-state index contributed by atoms with van der Waals surface area (Å²) in [5, 5.41) is 26.6. The van der Waals surface area contributed by atoms with Crippen LogP contribution in [0.4, 0.5) is 17.1 Å². The van der Waals surface area contributed by atoms with Gasteiger partial charge < -0.3 is 20.1 Å². The van der Waals surface area contributed by atoms with E-state index in [-0.39, 0.29) is 35.7 Å². The van der Waals surface area contributed by atoms with Crippen molar-refractivity contribution < 1.29 is 28.6 Å². The topological polar surface area (TPSA) is 159 Å². The van der Waals surface area contributed by atoms with Gasteiger partial charge in [-0.15, -0.1) is 0 Å². The van der Waals surface area contributed by atoms with Crippen LogP contribution in [0.3, 0.4) is 0 Å². The molecule has 0 fully saturated rings. The molecule has 12 heteroatoms. The third-order valence-electron chi connectivity index (χ3n) is 6.46. The van der Waals surface area contributed by atoms with Crippen LogP contribution in [0.2, 0.25) is 0 Å². The summed E-state index contributed by atoms with van der Waals surface area (Å²) in [6.45, 7) is 2.83. The standard InChI is InChI=1S/C27H25N5O7/c1-16-21(7-9-24(16)33)29-20-5-4-17-14-19(3-2-18(17)15-20)27(34)38-13-12-37-11-10-28-22-6-8-23(32(35)36)26-25(22)30-39-31-26/h2-6,8,14-15,28-29H,7,9-13H2,1H3. The molecular formula is C27H25N5O7. The minimum atomic E-state index is -0.548. The lowest BCUT2D eigenvalue weighted by molar-refractivity contribution is -0.383. The Labute approximate surface area is 222 Å². The van der Waals surface area contributed by atoms with Crippen molar-refractivity contribution in [1.82, 2.24) is 10.3 Å². The van der Waals surface area contributed by atoms with E-state index in [1.807, 2.05) is 31.2 Å². The van der Waals surface area contributed by atoms with Crippen molar-refractivity contribution in [3.63, 3.8) is 0 Å². The maximum atomic E-state index is 12.5. The van der Waals surface area contributed by atoms with Crippen molar-refractivity contribution in [2.75, 3.05) is 37.0 Å². The molecule has 0 radical (unpaired) electrons. The molecule has 1 aromatic heterocycles. The number of nitro groups is 1. The summed E-state index contributed by atoms with van der Waals surface area (Å²) < 4.78 is 15.5. The fourth-order valence-corrected chi connectivity index (χ4v) is 4.34. The van der Waals surface area contributed by atoms with E-state index in [9.17, 15) is 19.7 Å². The van der Waals surface area contributed by atoms with E-state index in [0.717, 1.165) is 34.2 Å². The lowest BCUT2D eigenvalue weighted by Crippen LogP contribution is -2.15. The Balaban J connectivity index is 1.06. The molecule has 0 bridgehead atoms. The maximum Gasteiger partial charge on any atom is 0.338 e. The smallest absolute Gasteiger partial charge is 0.338 e. The van der Waals surface area contributed by atoms with Crippen LogP contribution in [0, 0.1) is 10.1 Å². The number of esters is 1. The van der Waals surface area contributed by atoms with Gasteiger partial charge in [-0.3, -0.25) is 14.9 Å².